The van der Waals surface area contributed by atoms with Gasteiger partial charge in [0.1, 0.15) is 6.54 Å². The fraction of sp³-hybridized carbons (Fsp3) is 0.150. The van der Waals surface area contributed by atoms with Gasteiger partial charge in [-0.25, -0.2) is 0 Å². The summed E-state index contributed by atoms with van der Waals surface area (Å²) in [5.74, 6) is -0.982. The van der Waals surface area contributed by atoms with Gasteiger partial charge in [0.15, 0.2) is 0 Å². The van der Waals surface area contributed by atoms with Gasteiger partial charge in [0.2, 0.25) is 0 Å². The van der Waals surface area contributed by atoms with Crippen molar-refractivity contribution >= 4 is 11.5 Å². The highest BCUT2D eigenvalue weighted by atomic mass is 19.4. The largest absolute Gasteiger partial charge is 0.480 e. The molecule has 0 aliphatic carbocycles. The van der Waals surface area contributed by atoms with Crippen molar-refractivity contribution in [2.45, 2.75) is 12.2 Å². The Morgan fingerprint density at radius 2 is 1.69 bits per heavy atom. The Bertz CT molecular complexity index is 840. The first-order valence-electron chi connectivity index (χ1n) is 7.95. The summed E-state index contributed by atoms with van der Waals surface area (Å²) < 4.78 is 38.4. The lowest BCUT2D eigenvalue weighted by Gasteiger charge is -2.34. The van der Waals surface area contributed by atoms with E-state index in [1.165, 1.54) is 12.1 Å². The number of halogens is 3. The number of rotatable bonds is 4. The lowest BCUT2D eigenvalue weighted by Crippen LogP contribution is -2.31. The van der Waals surface area contributed by atoms with Crippen LogP contribution in [0.1, 0.15) is 22.7 Å². The minimum Gasteiger partial charge on any atom is -0.480 e. The van der Waals surface area contributed by atoms with Crippen molar-refractivity contribution in [1.82, 2.24) is 4.90 Å². The summed E-state index contributed by atoms with van der Waals surface area (Å²) in [5.41, 5.74) is 1.51. The van der Waals surface area contributed by atoms with E-state index in [0.29, 0.717) is 5.56 Å². The van der Waals surface area contributed by atoms with Gasteiger partial charge in [-0.15, -0.1) is 0 Å². The van der Waals surface area contributed by atoms with Crippen LogP contribution in [0.4, 0.5) is 13.2 Å². The van der Waals surface area contributed by atoms with Crippen molar-refractivity contribution in [2.75, 3.05) is 6.54 Å². The minimum absolute atomic E-state index is 0.214. The lowest BCUT2D eigenvalue weighted by molar-refractivity contribution is -0.138. The van der Waals surface area contributed by atoms with E-state index in [-0.39, 0.29) is 6.54 Å². The van der Waals surface area contributed by atoms with Crippen LogP contribution < -0.4 is 0 Å². The Kier molecular flexibility index (Phi) is 4.84. The highest BCUT2D eigenvalue weighted by Crippen LogP contribution is 2.38. The van der Waals surface area contributed by atoms with Crippen LogP contribution in [0, 0.1) is 0 Å². The highest BCUT2D eigenvalue weighted by molar-refractivity contribution is 5.76. The number of hydrogen-bond acceptors (Lipinski definition) is 2. The second kappa shape index (κ2) is 7.07. The summed E-state index contributed by atoms with van der Waals surface area (Å²) in [6.45, 7) is -0.214. The SMILES string of the molecule is O=C(O)CN1C=CC=C(c2ccc(C(F)(F)F)cc2)[C@@H]1c1ccccc1. The molecule has 0 radical (unpaired) electrons. The number of nitrogens with zero attached hydrogens (tertiary/aromatic N) is 1. The summed E-state index contributed by atoms with van der Waals surface area (Å²) in [6, 6.07) is 13.8. The van der Waals surface area contributed by atoms with E-state index in [4.69, 9.17) is 0 Å². The molecule has 3 rings (SSSR count). The summed E-state index contributed by atoms with van der Waals surface area (Å²) in [6.07, 6.45) is 0.793. The molecule has 0 bridgehead atoms. The van der Waals surface area contributed by atoms with Gasteiger partial charge in [0.05, 0.1) is 11.6 Å². The topological polar surface area (TPSA) is 40.5 Å². The molecule has 0 amide bonds. The second-order valence-corrected chi connectivity index (χ2v) is 5.92. The van der Waals surface area contributed by atoms with Crippen molar-refractivity contribution < 1.29 is 23.1 Å². The molecule has 1 atom stereocenters. The molecule has 0 saturated carbocycles. The molecule has 26 heavy (non-hydrogen) atoms. The summed E-state index contributed by atoms with van der Waals surface area (Å²) >= 11 is 0. The molecule has 3 nitrogen and oxygen atoms in total. The van der Waals surface area contributed by atoms with Gasteiger partial charge in [-0.3, -0.25) is 4.79 Å². The average molecular weight is 359 g/mol. The van der Waals surface area contributed by atoms with Crippen LogP contribution >= 0.6 is 0 Å². The molecule has 6 heteroatoms. The first-order valence-corrected chi connectivity index (χ1v) is 7.95. The molecule has 1 heterocycles. The van der Waals surface area contributed by atoms with Gasteiger partial charge >= 0.3 is 12.1 Å². The maximum Gasteiger partial charge on any atom is 0.416 e. The van der Waals surface area contributed by atoms with Crippen LogP contribution in [0.3, 0.4) is 0 Å². The molecule has 2 aromatic carbocycles. The number of hydrogen-bond donors (Lipinski definition) is 1. The van der Waals surface area contributed by atoms with Gasteiger partial charge in [-0.1, -0.05) is 48.5 Å². The summed E-state index contributed by atoms with van der Waals surface area (Å²) in [7, 11) is 0. The van der Waals surface area contributed by atoms with Crippen molar-refractivity contribution in [3.8, 4) is 0 Å². The third-order valence-electron chi connectivity index (χ3n) is 4.16. The van der Waals surface area contributed by atoms with E-state index >= 15 is 0 Å². The van der Waals surface area contributed by atoms with E-state index in [0.717, 1.165) is 23.3 Å². The molecule has 2 aromatic rings. The zero-order chi connectivity index (χ0) is 18.7. The van der Waals surface area contributed by atoms with Crippen LogP contribution in [0.5, 0.6) is 0 Å². The maximum atomic E-state index is 12.8. The number of aliphatic carboxylic acids is 1. The predicted octanol–water partition coefficient (Wildman–Crippen LogP) is 4.74. The quantitative estimate of drug-likeness (QED) is 0.857. The molecule has 0 fully saturated rings. The fourth-order valence-corrected chi connectivity index (χ4v) is 3.03. The number of carboxylic acids is 1. The maximum absolute atomic E-state index is 12.8. The number of benzene rings is 2. The second-order valence-electron chi connectivity index (χ2n) is 5.92. The van der Waals surface area contributed by atoms with Crippen LogP contribution in [-0.2, 0) is 11.0 Å². The Hall–Kier alpha value is -3.02. The molecular formula is C20H16F3NO2. The van der Waals surface area contributed by atoms with Crippen molar-refractivity contribution in [3.63, 3.8) is 0 Å². The molecular weight excluding hydrogens is 343 g/mol. The molecule has 1 aliphatic rings. The number of carboxylic acid groups (broad SMARTS) is 1. The Morgan fingerprint density at radius 1 is 1.04 bits per heavy atom. The van der Waals surface area contributed by atoms with Crippen LogP contribution in [-0.4, -0.2) is 22.5 Å². The third kappa shape index (κ3) is 3.79. The monoisotopic (exact) mass is 359 g/mol. The standard InChI is InChI=1S/C20H16F3NO2/c21-20(22,23)16-10-8-14(9-11-16)17-7-4-12-24(13-18(25)26)19(17)15-5-2-1-3-6-15/h1-12,19H,13H2,(H,25,26)/t19-/m0/s1. The smallest absolute Gasteiger partial charge is 0.416 e. The van der Waals surface area contributed by atoms with Gasteiger partial charge < -0.3 is 10.0 Å². The summed E-state index contributed by atoms with van der Waals surface area (Å²) in [4.78, 5) is 12.9. The Morgan fingerprint density at radius 3 is 2.27 bits per heavy atom. The number of alkyl halides is 3. The molecule has 0 unspecified atom stereocenters. The number of allylic oxidation sites excluding steroid dienone is 2. The zero-order valence-electron chi connectivity index (χ0n) is 13.6. The molecule has 0 spiro atoms. The lowest BCUT2D eigenvalue weighted by atomic mass is 9.89. The highest BCUT2D eigenvalue weighted by Gasteiger charge is 2.31. The van der Waals surface area contributed by atoms with Crippen molar-refractivity contribution in [3.05, 3.63) is 89.6 Å². The fourth-order valence-electron chi connectivity index (χ4n) is 3.03. The van der Waals surface area contributed by atoms with Crippen LogP contribution in [0.25, 0.3) is 5.57 Å². The first kappa shape index (κ1) is 17.8. The van der Waals surface area contributed by atoms with E-state index in [1.807, 2.05) is 30.3 Å². The molecule has 0 saturated heterocycles. The molecule has 1 N–H and O–H groups in total. The Balaban J connectivity index is 2.01. The number of carbonyl (C=O) groups is 1. The van der Waals surface area contributed by atoms with Crippen molar-refractivity contribution in [2.24, 2.45) is 0 Å². The van der Waals surface area contributed by atoms with E-state index in [1.54, 1.807) is 23.3 Å². The third-order valence-corrected chi connectivity index (χ3v) is 4.16. The normalized spacial score (nSPS) is 17.1. The van der Waals surface area contributed by atoms with Gasteiger partial charge in [-0.2, -0.15) is 13.2 Å². The van der Waals surface area contributed by atoms with Gasteiger partial charge in [0, 0.05) is 6.20 Å². The van der Waals surface area contributed by atoms with Gasteiger partial charge in [0.25, 0.3) is 0 Å². The predicted molar refractivity (Wildman–Crippen MR) is 92.1 cm³/mol. The molecule has 0 aromatic heterocycles. The van der Waals surface area contributed by atoms with Gasteiger partial charge in [-0.05, 0) is 34.9 Å². The summed E-state index contributed by atoms with van der Waals surface area (Å²) in [5, 5.41) is 9.19. The van der Waals surface area contributed by atoms with Crippen LogP contribution in [0.15, 0.2) is 72.9 Å². The van der Waals surface area contributed by atoms with Crippen molar-refractivity contribution in [1.29, 1.82) is 0 Å². The molecule has 1 aliphatic heterocycles. The minimum atomic E-state index is -4.40. The van der Waals surface area contributed by atoms with E-state index in [9.17, 15) is 23.1 Å². The van der Waals surface area contributed by atoms with E-state index < -0.39 is 23.8 Å². The van der Waals surface area contributed by atoms with E-state index in [2.05, 4.69) is 0 Å². The zero-order valence-corrected chi connectivity index (χ0v) is 13.6. The average Bonchev–Trinajstić information content (AvgIpc) is 2.61. The molecule has 134 valence electrons. The Labute approximate surface area is 148 Å². The first-order chi connectivity index (χ1) is 12.4. The van der Waals surface area contributed by atoms with Crippen LogP contribution in [0.2, 0.25) is 0 Å².